The van der Waals surface area contributed by atoms with Crippen molar-refractivity contribution in [1.29, 1.82) is 0 Å². The lowest BCUT2D eigenvalue weighted by Crippen LogP contribution is -2.44. The first-order valence-electron chi connectivity index (χ1n) is 8.16. The molecule has 0 aliphatic carbocycles. The first kappa shape index (κ1) is 17.1. The van der Waals surface area contributed by atoms with E-state index >= 15 is 0 Å². The number of Topliss-reactive ketones (excluding diaryl/α,β-unsaturated/α-hetero) is 1. The van der Waals surface area contributed by atoms with E-state index in [1.54, 1.807) is 0 Å². The molecule has 2 aliphatic heterocycles. The van der Waals surface area contributed by atoms with E-state index in [9.17, 15) is 13.8 Å². The lowest BCUT2D eigenvalue weighted by Gasteiger charge is -2.24. The van der Waals surface area contributed by atoms with Crippen molar-refractivity contribution in [3.63, 3.8) is 0 Å². The van der Waals surface area contributed by atoms with Crippen molar-refractivity contribution in [3.05, 3.63) is 29.8 Å². The summed E-state index contributed by atoms with van der Waals surface area (Å²) in [5, 5.41) is 0. The van der Waals surface area contributed by atoms with E-state index in [0.29, 0.717) is 11.6 Å². The fourth-order valence-corrected chi connectivity index (χ4v) is 4.73. The molecule has 0 spiro atoms. The molecule has 0 radical (unpaired) electrons. The zero-order valence-electron chi connectivity index (χ0n) is 13.6. The van der Waals surface area contributed by atoms with Crippen molar-refractivity contribution in [1.82, 2.24) is 0 Å². The van der Waals surface area contributed by atoms with Gasteiger partial charge in [0, 0.05) is 34.5 Å². The number of hydrogen-bond donors (Lipinski definition) is 1. The van der Waals surface area contributed by atoms with Gasteiger partial charge in [-0.15, -0.1) is 0 Å². The van der Waals surface area contributed by atoms with E-state index in [2.05, 4.69) is 0 Å². The first-order chi connectivity index (χ1) is 11.5. The number of amides is 1. The number of hydrogen-bond acceptors (Lipinski definition) is 5. The Morgan fingerprint density at radius 1 is 1.29 bits per heavy atom. The third-order valence-electron chi connectivity index (χ3n) is 4.78. The van der Waals surface area contributed by atoms with Crippen molar-refractivity contribution < 1.29 is 18.5 Å². The minimum absolute atomic E-state index is 0.159. The van der Waals surface area contributed by atoms with Gasteiger partial charge in [-0.25, -0.2) is 4.79 Å². The van der Waals surface area contributed by atoms with Gasteiger partial charge in [0.05, 0.1) is 6.04 Å². The monoisotopic (exact) mass is 350 g/mol. The van der Waals surface area contributed by atoms with Crippen LogP contribution in [0, 0.1) is 0 Å². The van der Waals surface area contributed by atoms with Crippen molar-refractivity contribution in [2.45, 2.75) is 37.8 Å². The smallest absolute Gasteiger partial charge is 0.415 e. The van der Waals surface area contributed by atoms with Crippen molar-refractivity contribution >= 4 is 28.4 Å². The molecule has 2 N–H and O–H groups in total. The minimum Gasteiger partial charge on any atom is -0.436 e. The largest absolute Gasteiger partial charge is 0.436 e. The number of ether oxygens (including phenoxy) is 1. The van der Waals surface area contributed by atoms with Gasteiger partial charge in [-0.1, -0.05) is 12.1 Å². The number of rotatable bonds is 4. The maximum absolute atomic E-state index is 12.1. The second kappa shape index (κ2) is 7.03. The molecule has 2 aliphatic rings. The van der Waals surface area contributed by atoms with Crippen LogP contribution in [0.1, 0.15) is 31.2 Å². The Hall–Kier alpha value is -1.73. The van der Waals surface area contributed by atoms with Crippen molar-refractivity contribution in [2.75, 3.05) is 23.0 Å². The number of benzene rings is 1. The van der Waals surface area contributed by atoms with Crippen LogP contribution in [0.3, 0.4) is 0 Å². The number of nitrogens with zero attached hydrogens (tertiary/aromatic N) is 1. The molecule has 7 heteroatoms. The summed E-state index contributed by atoms with van der Waals surface area (Å²) in [7, 11) is -0.676. The molecule has 6 nitrogen and oxygen atoms in total. The van der Waals surface area contributed by atoms with E-state index < -0.39 is 29.0 Å². The molecule has 3 rings (SSSR count). The predicted octanol–water partition coefficient (Wildman–Crippen LogP) is 1.55. The van der Waals surface area contributed by atoms with E-state index in [-0.39, 0.29) is 12.3 Å². The molecule has 1 aromatic carbocycles. The number of ketones is 1. The Labute approximate surface area is 143 Å². The van der Waals surface area contributed by atoms with E-state index in [1.165, 1.54) is 17.4 Å². The minimum atomic E-state index is -0.810. The summed E-state index contributed by atoms with van der Waals surface area (Å²) >= 11 is 0. The van der Waals surface area contributed by atoms with Crippen LogP contribution in [-0.4, -0.2) is 46.3 Å². The van der Waals surface area contributed by atoms with Gasteiger partial charge in [0.1, 0.15) is 0 Å². The normalized spacial score (nSPS) is 30.2. The Morgan fingerprint density at radius 3 is 2.46 bits per heavy atom. The van der Waals surface area contributed by atoms with Gasteiger partial charge in [0.2, 0.25) is 0 Å². The Balaban J connectivity index is 1.78. The second-order valence-corrected chi connectivity index (χ2v) is 8.00. The van der Waals surface area contributed by atoms with Gasteiger partial charge in [-0.05, 0) is 43.4 Å². The van der Waals surface area contributed by atoms with Crippen LogP contribution < -0.4 is 10.6 Å². The quantitative estimate of drug-likeness (QED) is 0.890. The standard InChI is InChI=1S/C17H22N2O4S/c1-11(20)16-15(10-18)19(17(21)23-16)14-4-2-12(3-5-14)13-6-8-24(22)9-7-13/h2-5,13,15-16H,6-10,18H2,1H3. The van der Waals surface area contributed by atoms with Crippen LogP contribution in [0.4, 0.5) is 10.5 Å². The van der Waals surface area contributed by atoms with Gasteiger partial charge in [-0.2, -0.15) is 0 Å². The van der Waals surface area contributed by atoms with Crippen LogP contribution in [0.15, 0.2) is 24.3 Å². The number of carbonyl (C=O) groups is 2. The molecule has 1 amide bonds. The molecule has 2 fully saturated rings. The van der Waals surface area contributed by atoms with Crippen LogP contribution in [0.25, 0.3) is 0 Å². The predicted molar refractivity (Wildman–Crippen MR) is 92.6 cm³/mol. The molecule has 2 unspecified atom stereocenters. The molecule has 130 valence electrons. The summed E-state index contributed by atoms with van der Waals surface area (Å²) in [5.41, 5.74) is 7.63. The van der Waals surface area contributed by atoms with Crippen LogP contribution in [0.2, 0.25) is 0 Å². The van der Waals surface area contributed by atoms with Gasteiger partial charge in [0.25, 0.3) is 0 Å². The zero-order valence-corrected chi connectivity index (χ0v) is 14.5. The molecule has 2 saturated heterocycles. The maximum Gasteiger partial charge on any atom is 0.415 e. The Bertz CT molecular complexity index is 651. The summed E-state index contributed by atoms with van der Waals surface area (Å²) in [4.78, 5) is 25.2. The van der Waals surface area contributed by atoms with Crippen LogP contribution in [0.5, 0.6) is 0 Å². The maximum atomic E-state index is 12.1. The fourth-order valence-electron chi connectivity index (χ4n) is 3.43. The lowest BCUT2D eigenvalue weighted by atomic mass is 9.93. The van der Waals surface area contributed by atoms with Gasteiger partial charge in [-0.3, -0.25) is 13.9 Å². The number of anilines is 1. The zero-order chi connectivity index (χ0) is 17.3. The number of cyclic esters (lactones) is 1. The Morgan fingerprint density at radius 2 is 1.92 bits per heavy atom. The molecule has 24 heavy (non-hydrogen) atoms. The highest BCUT2D eigenvalue weighted by atomic mass is 32.2. The highest BCUT2D eigenvalue weighted by molar-refractivity contribution is 7.85. The molecule has 2 atom stereocenters. The summed E-state index contributed by atoms with van der Waals surface area (Å²) in [6.45, 7) is 1.56. The number of carbonyl (C=O) groups excluding carboxylic acids is 2. The van der Waals surface area contributed by atoms with Gasteiger partial charge >= 0.3 is 6.09 Å². The molecular formula is C17H22N2O4S. The van der Waals surface area contributed by atoms with Crippen molar-refractivity contribution in [3.8, 4) is 0 Å². The third-order valence-corrected chi connectivity index (χ3v) is 6.16. The molecule has 1 aromatic rings. The van der Waals surface area contributed by atoms with Crippen molar-refractivity contribution in [2.24, 2.45) is 5.73 Å². The fraction of sp³-hybridized carbons (Fsp3) is 0.529. The summed E-state index contributed by atoms with van der Waals surface area (Å²) in [6.07, 6.45) is 0.507. The highest BCUT2D eigenvalue weighted by Crippen LogP contribution is 2.32. The second-order valence-electron chi connectivity index (χ2n) is 6.30. The number of nitrogens with two attached hydrogens (primary N) is 1. The molecule has 2 heterocycles. The summed E-state index contributed by atoms with van der Waals surface area (Å²) in [6, 6.07) is 7.26. The van der Waals surface area contributed by atoms with E-state index in [0.717, 1.165) is 24.3 Å². The average Bonchev–Trinajstić information content (AvgIpc) is 2.92. The van der Waals surface area contributed by atoms with Gasteiger partial charge in [0.15, 0.2) is 11.9 Å². The molecule has 0 aromatic heterocycles. The van der Waals surface area contributed by atoms with Crippen LogP contribution >= 0.6 is 0 Å². The highest BCUT2D eigenvalue weighted by Gasteiger charge is 2.44. The molecule has 0 bridgehead atoms. The van der Waals surface area contributed by atoms with Gasteiger partial charge < -0.3 is 10.5 Å². The lowest BCUT2D eigenvalue weighted by molar-refractivity contribution is -0.124. The molecule has 0 saturated carbocycles. The third kappa shape index (κ3) is 3.23. The topological polar surface area (TPSA) is 89.7 Å². The summed E-state index contributed by atoms with van der Waals surface area (Å²) < 4.78 is 16.6. The summed E-state index contributed by atoms with van der Waals surface area (Å²) in [5.74, 6) is 1.71. The Kier molecular flexibility index (Phi) is 5.01. The SMILES string of the molecule is CC(=O)C1OC(=O)N(c2ccc(C3CCS(=O)CC3)cc2)C1CN. The molecular weight excluding hydrogens is 328 g/mol. The van der Waals surface area contributed by atoms with E-state index in [4.69, 9.17) is 10.5 Å². The first-order valence-corrected chi connectivity index (χ1v) is 9.65. The van der Waals surface area contributed by atoms with Crippen LogP contribution in [-0.2, 0) is 20.3 Å². The van der Waals surface area contributed by atoms with E-state index in [1.807, 2.05) is 24.3 Å². The average molecular weight is 350 g/mol.